The van der Waals surface area contributed by atoms with Crippen molar-refractivity contribution < 1.29 is 4.84 Å². The number of nitrogens with two attached hydrogens (primary N) is 1. The van der Waals surface area contributed by atoms with Gasteiger partial charge in [0.05, 0.1) is 11.3 Å². The van der Waals surface area contributed by atoms with Crippen LogP contribution in [-0.4, -0.2) is 12.3 Å². The summed E-state index contributed by atoms with van der Waals surface area (Å²) in [6, 6.07) is 20.1. The van der Waals surface area contributed by atoms with Gasteiger partial charge in [-0.1, -0.05) is 65.8 Å². The van der Waals surface area contributed by atoms with Crippen LogP contribution >= 0.6 is 12.4 Å². The van der Waals surface area contributed by atoms with Gasteiger partial charge in [0.15, 0.2) is 0 Å². The lowest BCUT2D eigenvalue weighted by Gasteiger charge is -2.32. The van der Waals surface area contributed by atoms with Gasteiger partial charge in [0, 0.05) is 6.42 Å². The van der Waals surface area contributed by atoms with Gasteiger partial charge in [0.25, 0.3) is 0 Å². The molecule has 0 aliphatic carbocycles. The molecule has 2 aromatic carbocycles. The molecule has 20 heavy (non-hydrogen) atoms. The lowest BCUT2D eigenvalue weighted by molar-refractivity contribution is 0.0775. The molecule has 104 valence electrons. The smallest absolute Gasteiger partial charge is 0.139 e. The average Bonchev–Trinajstić information content (AvgIpc) is 2.49. The van der Waals surface area contributed by atoms with Gasteiger partial charge in [-0.05, 0) is 11.1 Å². The van der Waals surface area contributed by atoms with Crippen molar-refractivity contribution in [3.05, 3.63) is 71.8 Å². The number of hydrogen-bond acceptors (Lipinski definition) is 3. The highest BCUT2D eigenvalue weighted by Crippen LogP contribution is 2.28. The molecule has 3 nitrogen and oxygen atoms in total. The minimum absolute atomic E-state index is 0. The third-order valence-electron chi connectivity index (χ3n) is 3.44. The maximum Gasteiger partial charge on any atom is 0.139 e. The molecular formula is C16H17ClN2O. The van der Waals surface area contributed by atoms with E-state index in [9.17, 15) is 0 Å². The second-order valence-corrected chi connectivity index (χ2v) is 4.88. The van der Waals surface area contributed by atoms with Crippen LogP contribution in [0.15, 0.2) is 65.8 Å². The zero-order chi connectivity index (χ0) is 13.1. The average molecular weight is 289 g/mol. The van der Waals surface area contributed by atoms with Crippen LogP contribution < -0.4 is 5.73 Å². The van der Waals surface area contributed by atoms with Crippen LogP contribution in [0.25, 0.3) is 0 Å². The summed E-state index contributed by atoms with van der Waals surface area (Å²) in [6.07, 6.45) is 0.682. The number of oxime groups is 1. The Hall–Kier alpha value is -1.84. The molecule has 0 amide bonds. The molecule has 1 aliphatic heterocycles. The Morgan fingerprint density at radius 2 is 1.55 bits per heavy atom. The molecule has 0 aromatic heterocycles. The molecule has 1 heterocycles. The standard InChI is InChI=1S/C16H16N2O.ClH/c17-16(14-9-5-2-6-10-14)11-15(18-19-12-16)13-7-3-1-4-8-13;/h1-10H,11-12,17H2;1H. The molecule has 2 aromatic rings. The van der Waals surface area contributed by atoms with Gasteiger partial charge in [0.2, 0.25) is 0 Å². The van der Waals surface area contributed by atoms with Gasteiger partial charge in [-0.15, -0.1) is 12.4 Å². The number of nitrogens with zero attached hydrogens (tertiary/aromatic N) is 1. The Bertz CT molecular complexity index is 586. The maximum absolute atomic E-state index is 6.50. The molecule has 2 N–H and O–H groups in total. The fourth-order valence-electron chi connectivity index (χ4n) is 2.35. The molecule has 0 saturated carbocycles. The second-order valence-electron chi connectivity index (χ2n) is 4.88. The van der Waals surface area contributed by atoms with Crippen LogP contribution in [0.2, 0.25) is 0 Å². The summed E-state index contributed by atoms with van der Waals surface area (Å²) in [5.74, 6) is 0. The zero-order valence-electron chi connectivity index (χ0n) is 11.0. The Balaban J connectivity index is 0.00000147. The van der Waals surface area contributed by atoms with Crippen LogP contribution in [0.3, 0.4) is 0 Å². The predicted octanol–water partition coefficient (Wildman–Crippen LogP) is 3.09. The van der Waals surface area contributed by atoms with Crippen LogP contribution in [0.5, 0.6) is 0 Å². The quantitative estimate of drug-likeness (QED) is 0.923. The molecule has 0 saturated heterocycles. The Kier molecular flexibility index (Phi) is 4.42. The van der Waals surface area contributed by atoms with Gasteiger partial charge in [-0.25, -0.2) is 0 Å². The molecule has 4 heteroatoms. The Morgan fingerprint density at radius 3 is 2.20 bits per heavy atom. The first-order valence-electron chi connectivity index (χ1n) is 6.37. The summed E-state index contributed by atoms with van der Waals surface area (Å²) in [4.78, 5) is 5.37. The number of rotatable bonds is 2. The molecule has 1 atom stereocenters. The van der Waals surface area contributed by atoms with Crippen molar-refractivity contribution in [1.29, 1.82) is 0 Å². The lowest BCUT2D eigenvalue weighted by Crippen LogP contribution is -2.45. The lowest BCUT2D eigenvalue weighted by atomic mass is 9.84. The van der Waals surface area contributed by atoms with Crippen molar-refractivity contribution >= 4 is 18.1 Å². The van der Waals surface area contributed by atoms with E-state index in [-0.39, 0.29) is 12.4 Å². The van der Waals surface area contributed by atoms with E-state index in [1.807, 2.05) is 60.7 Å². The molecule has 3 rings (SSSR count). The van der Waals surface area contributed by atoms with Crippen molar-refractivity contribution in [2.45, 2.75) is 12.0 Å². The SMILES string of the molecule is Cl.NC1(c2ccccc2)CON=C(c2ccccc2)C1. The van der Waals surface area contributed by atoms with Crippen LogP contribution in [-0.2, 0) is 10.4 Å². The van der Waals surface area contributed by atoms with E-state index in [1.165, 1.54) is 0 Å². The van der Waals surface area contributed by atoms with Gasteiger partial charge in [0.1, 0.15) is 6.61 Å². The normalized spacial score (nSPS) is 21.4. The van der Waals surface area contributed by atoms with Crippen molar-refractivity contribution in [3.8, 4) is 0 Å². The minimum Gasteiger partial charge on any atom is -0.393 e. The maximum atomic E-state index is 6.50. The van der Waals surface area contributed by atoms with Crippen LogP contribution in [0.1, 0.15) is 17.5 Å². The summed E-state index contributed by atoms with van der Waals surface area (Å²) < 4.78 is 0. The molecule has 0 bridgehead atoms. The summed E-state index contributed by atoms with van der Waals surface area (Å²) in [7, 11) is 0. The van der Waals surface area contributed by atoms with Gasteiger partial charge >= 0.3 is 0 Å². The summed E-state index contributed by atoms with van der Waals surface area (Å²) in [5.41, 5.74) is 9.04. The molecule has 0 radical (unpaired) electrons. The fourth-order valence-corrected chi connectivity index (χ4v) is 2.35. The minimum atomic E-state index is -0.506. The first-order chi connectivity index (χ1) is 9.28. The van der Waals surface area contributed by atoms with E-state index in [1.54, 1.807) is 0 Å². The monoisotopic (exact) mass is 288 g/mol. The summed E-state index contributed by atoms with van der Waals surface area (Å²) in [6.45, 7) is 0.410. The van der Waals surface area contributed by atoms with E-state index in [0.29, 0.717) is 13.0 Å². The van der Waals surface area contributed by atoms with Crippen LogP contribution in [0, 0.1) is 0 Å². The molecule has 1 aliphatic rings. The number of benzene rings is 2. The third-order valence-corrected chi connectivity index (χ3v) is 3.44. The number of hydrogen-bond donors (Lipinski definition) is 1. The highest BCUT2D eigenvalue weighted by molar-refractivity contribution is 6.01. The van der Waals surface area contributed by atoms with Crippen LogP contribution in [0.4, 0.5) is 0 Å². The van der Waals surface area contributed by atoms with Crippen molar-refractivity contribution in [3.63, 3.8) is 0 Å². The van der Waals surface area contributed by atoms with Gasteiger partial charge in [-0.3, -0.25) is 0 Å². The largest absolute Gasteiger partial charge is 0.393 e. The molecule has 0 fully saturated rings. The van der Waals surface area contributed by atoms with Crippen molar-refractivity contribution in [2.24, 2.45) is 10.9 Å². The second kappa shape index (κ2) is 6.07. The van der Waals surface area contributed by atoms with E-state index in [4.69, 9.17) is 10.6 Å². The van der Waals surface area contributed by atoms with Gasteiger partial charge < -0.3 is 10.6 Å². The van der Waals surface area contributed by atoms with E-state index >= 15 is 0 Å². The number of halogens is 1. The summed E-state index contributed by atoms with van der Waals surface area (Å²) >= 11 is 0. The predicted molar refractivity (Wildman–Crippen MR) is 83.1 cm³/mol. The topological polar surface area (TPSA) is 47.6 Å². The molecular weight excluding hydrogens is 272 g/mol. The molecule has 1 unspecified atom stereocenters. The Morgan fingerprint density at radius 1 is 0.950 bits per heavy atom. The van der Waals surface area contributed by atoms with E-state index < -0.39 is 5.54 Å². The van der Waals surface area contributed by atoms with Crippen molar-refractivity contribution in [2.75, 3.05) is 6.61 Å². The molecule has 0 spiro atoms. The highest BCUT2D eigenvalue weighted by Gasteiger charge is 2.33. The van der Waals surface area contributed by atoms with E-state index in [2.05, 4.69) is 5.16 Å². The van der Waals surface area contributed by atoms with Gasteiger partial charge in [-0.2, -0.15) is 0 Å². The van der Waals surface area contributed by atoms with Crippen molar-refractivity contribution in [1.82, 2.24) is 0 Å². The summed E-state index contributed by atoms with van der Waals surface area (Å²) in [5, 5.41) is 4.16. The fraction of sp³-hybridized carbons (Fsp3) is 0.188. The zero-order valence-corrected chi connectivity index (χ0v) is 11.8. The Labute approximate surface area is 124 Å². The third kappa shape index (κ3) is 2.84. The highest BCUT2D eigenvalue weighted by atomic mass is 35.5. The first-order valence-corrected chi connectivity index (χ1v) is 6.37. The first kappa shape index (κ1) is 14.6. The van der Waals surface area contributed by atoms with E-state index in [0.717, 1.165) is 16.8 Å².